The number of carbonyl (C=O) groups excluding carboxylic acids is 1. The van der Waals surface area contributed by atoms with E-state index in [0.717, 1.165) is 12.2 Å². The van der Waals surface area contributed by atoms with Crippen LogP contribution in [0.3, 0.4) is 0 Å². The fourth-order valence-electron chi connectivity index (χ4n) is 1.45. The first-order valence-corrected chi connectivity index (χ1v) is 4.68. The number of alkyl halides is 3. The van der Waals surface area contributed by atoms with Gasteiger partial charge in [-0.25, -0.2) is 4.79 Å². The number of hydrogen-bond acceptors (Lipinski definition) is 3. The summed E-state index contributed by atoms with van der Waals surface area (Å²) in [4.78, 5) is 11.3. The van der Waals surface area contributed by atoms with E-state index in [1.165, 1.54) is 13.0 Å². The molecule has 90 valence electrons. The number of hydrogen-bond donors (Lipinski definition) is 1. The number of ether oxygens (including phenoxy) is 1. The molecule has 1 rings (SSSR count). The summed E-state index contributed by atoms with van der Waals surface area (Å²) in [6.45, 7) is 1.48. The third kappa shape index (κ3) is 2.63. The Kier molecular flexibility index (Phi) is 3.74. The zero-order valence-electron chi connectivity index (χ0n) is 8.49. The molecule has 6 heteroatoms. The Morgan fingerprint density at radius 3 is 2.69 bits per heavy atom. The van der Waals surface area contributed by atoms with Crippen LogP contribution in [0.1, 0.15) is 6.92 Å². The van der Waals surface area contributed by atoms with Gasteiger partial charge in [0.1, 0.15) is 5.92 Å². The lowest BCUT2D eigenvalue weighted by Gasteiger charge is -2.26. The molecule has 0 radical (unpaired) electrons. The smallest absolute Gasteiger partial charge is 0.398 e. The molecule has 2 atom stereocenters. The quantitative estimate of drug-likeness (QED) is 0.740. The first-order chi connectivity index (χ1) is 7.38. The summed E-state index contributed by atoms with van der Waals surface area (Å²) >= 11 is 0. The number of esters is 1. The Morgan fingerprint density at radius 1 is 1.56 bits per heavy atom. The zero-order chi connectivity index (χ0) is 12.3. The minimum Gasteiger partial charge on any atom is -0.463 e. The SMILES string of the molecule is CCOC(=O)C1=CC=C[C@H](O)[C@H]1C(F)(F)F. The summed E-state index contributed by atoms with van der Waals surface area (Å²) in [7, 11) is 0. The molecule has 0 spiro atoms. The number of aliphatic hydroxyl groups is 1. The van der Waals surface area contributed by atoms with Crippen molar-refractivity contribution in [2.24, 2.45) is 5.92 Å². The first kappa shape index (κ1) is 12.8. The average molecular weight is 236 g/mol. The second-order valence-electron chi connectivity index (χ2n) is 3.24. The van der Waals surface area contributed by atoms with Gasteiger partial charge in [0.25, 0.3) is 0 Å². The van der Waals surface area contributed by atoms with Crippen LogP contribution in [0.2, 0.25) is 0 Å². The molecule has 1 N–H and O–H groups in total. The monoisotopic (exact) mass is 236 g/mol. The summed E-state index contributed by atoms with van der Waals surface area (Å²) < 4.78 is 42.3. The molecule has 0 fully saturated rings. The molecule has 1 aliphatic rings. The molecule has 3 nitrogen and oxygen atoms in total. The van der Waals surface area contributed by atoms with Crippen LogP contribution in [0.25, 0.3) is 0 Å². The second-order valence-corrected chi connectivity index (χ2v) is 3.24. The highest BCUT2D eigenvalue weighted by Gasteiger charge is 2.48. The van der Waals surface area contributed by atoms with Crippen molar-refractivity contribution in [1.29, 1.82) is 0 Å². The molecule has 0 aromatic rings. The third-order valence-electron chi connectivity index (χ3n) is 2.12. The lowest BCUT2D eigenvalue weighted by atomic mass is 9.88. The lowest BCUT2D eigenvalue weighted by Crippen LogP contribution is -2.38. The van der Waals surface area contributed by atoms with Gasteiger partial charge in [0.15, 0.2) is 0 Å². The summed E-state index contributed by atoms with van der Waals surface area (Å²) in [6, 6.07) is 0. The van der Waals surface area contributed by atoms with Crippen LogP contribution in [0.15, 0.2) is 23.8 Å². The maximum Gasteiger partial charge on any atom is 0.398 e. The maximum atomic E-state index is 12.6. The van der Waals surface area contributed by atoms with Gasteiger partial charge in [-0.2, -0.15) is 13.2 Å². The molecule has 16 heavy (non-hydrogen) atoms. The van der Waals surface area contributed by atoms with Crippen LogP contribution in [0.5, 0.6) is 0 Å². The molecular formula is C10H11F3O3. The van der Waals surface area contributed by atoms with Crippen LogP contribution >= 0.6 is 0 Å². The summed E-state index contributed by atoms with van der Waals surface area (Å²) in [5.74, 6) is -3.26. The molecule has 0 aromatic heterocycles. The fourth-order valence-corrected chi connectivity index (χ4v) is 1.45. The minimum absolute atomic E-state index is 0.0133. The van der Waals surface area contributed by atoms with Gasteiger partial charge in [0.05, 0.1) is 18.3 Å². The van der Waals surface area contributed by atoms with E-state index >= 15 is 0 Å². The molecule has 1 aliphatic carbocycles. The second kappa shape index (κ2) is 4.69. The van der Waals surface area contributed by atoms with Crippen LogP contribution in [-0.4, -0.2) is 30.0 Å². The van der Waals surface area contributed by atoms with Crippen molar-refractivity contribution in [2.75, 3.05) is 6.61 Å². The summed E-state index contributed by atoms with van der Waals surface area (Å²) in [5, 5.41) is 9.24. The molecule has 0 bridgehead atoms. The van der Waals surface area contributed by atoms with Crippen LogP contribution < -0.4 is 0 Å². The van der Waals surface area contributed by atoms with E-state index < -0.39 is 29.7 Å². The number of halogens is 3. The van der Waals surface area contributed by atoms with Crippen LogP contribution in [-0.2, 0) is 9.53 Å². The molecule has 0 saturated heterocycles. The molecule has 0 amide bonds. The van der Waals surface area contributed by atoms with E-state index in [1.807, 2.05) is 0 Å². The van der Waals surface area contributed by atoms with E-state index in [9.17, 15) is 23.1 Å². The highest BCUT2D eigenvalue weighted by Crippen LogP contribution is 2.37. The Labute approximate surface area is 90.2 Å². The van der Waals surface area contributed by atoms with Crippen molar-refractivity contribution in [2.45, 2.75) is 19.2 Å². The standard InChI is InChI=1S/C10H11F3O3/c1-2-16-9(15)6-4-3-5-7(14)8(6)10(11,12)13/h3-5,7-8,14H,2H2,1H3/t7-,8-/m0/s1. The van der Waals surface area contributed by atoms with Crippen molar-refractivity contribution in [1.82, 2.24) is 0 Å². The summed E-state index contributed by atoms with van der Waals surface area (Å²) in [5.41, 5.74) is -0.565. The largest absolute Gasteiger partial charge is 0.463 e. The van der Waals surface area contributed by atoms with Crippen molar-refractivity contribution in [3.8, 4) is 0 Å². The minimum atomic E-state index is -4.68. The van der Waals surface area contributed by atoms with E-state index in [1.54, 1.807) is 0 Å². The number of rotatable bonds is 2. The molecule has 0 aliphatic heterocycles. The Balaban J connectivity index is 2.99. The highest BCUT2D eigenvalue weighted by molar-refractivity contribution is 5.90. The third-order valence-corrected chi connectivity index (χ3v) is 2.12. The molecule has 0 saturated carbocycles. The molecule has 0 unspecified atom stereocenters. The van der Waals surface area contributed by atoms with Gasteiger partial charge in [-0.1, -0.05) is 18.2 Å². The normalized spacial score (nSPS) is 25.2. The Bertz CT molecular complexity index is 331. The van der Waals surface area contributed by atoms with Crippen molar-refractivity contribution in [3.05, 3.63) is 23.8 Å². The van der Waals surface area contributed by atoms with E-state index in [-0.39, 0.29) is 6.61 Å². The number of allylic oxidation sites excluding steroid dienone is 2. The molecular weight excluding hydrogens is 225 g/mol. The maximum absolute atomic E-state index is 12.6. The van der Waals surface area contributed by atoms with Gasteiger partial charge in [-0.05, 0) is 6.92 Å². The van der Waals surface area contributed by atoms with Gasteiger partial charge >= 0.3 is 12.1 Å². The van der Waals surface area contributed by atoms with Gasteiger partial charge in [-0.3, -0.25) is 0 Å². The van der Waals surface area contributed by atoms with Crippen molar-refractivity contribution < 1.29 is 27.8 Å². The van der Waals surface area contributed by atoms with Crippen molar-refractivity contribution >= 4 is 5.97 Å². The predicted octanol–water partition coefficient (Wildman–Crippen LogP) is 1.59. The van der Waals surface area contributed by atoms with Crippen LogP contribution in [0.4, 0.5) is 13.2 Å². The van der Waals surface area contributed by atoms with Gasteiger partial charge < -0.3 is 9.84 Å². The number of aliphatic hydroxyl groups excluding tert-OH is 1. The number of carbonyl (C=O) groups is 1. The van der Waals surface area contributed by atoms with Gasteiger partial charge in [0, 0.05) is 0 Å². The topological polar surface area (TPSA) is 46.5 Å². The van der Waals surface area contributed by atoms with Gasteiger partial charge in [-0.15, -0.1) is 0 Å². The van der Waals surface area contributed by atoms with Crippen LogP contribution in [0, 0.1) is 5.92 Å². The average Bonchev–Trinajstić information content (AvgIpc) is 2.15. The van der Waals surface area contributed by atoms with Crippen molar-refractivity contribution in [3.63, 3.8) is 0 Å². The Morgan fingerprint density at radius 2 is 2.19 bits per heavy atom. The highest BCUT2D eigenvalue weighted by atomic mass is 19.4. The van der Waals surface area contributed by atoms with E-state index in [4.69, 9.17) is 0 Å². The molecule has 0 heterocycles. The first-order valence-electron chi connectivity index (χ1n) is 4.68. The van der Waals surface area contributed by atoms with E-state index in [2.05, 4.69) is 4.74 Å². The Hall–Kier alpha value is -1.30. The van der Waals surface area contributed by atoms with E-state index in [0.29, 0.717) is 0 Å². The zero-order valence-corrected chi connectivity index (χ0v) is 8.49. The fraction of sp³-hybridized carbons (Fsp3) is 0.500. The lowest BCUT2D eigenvalue weighted by molar-refractivity contribution is -0.186. The van der Waals surface area contributed by atoms with Gasteiger partial charge in [0.2, 0.25) is 0 Å². The predicted molar refractivity (Wildman–Crippen MR) is 49.4 cm³/mol. The molecule has 0 aromatic carbocycles. The summed E-state index contributed by atoms with van der Waals surface area (Å²) in [6.07, 6.45) is -3.21.